The van der Waals surface area contributed by atoms with Gasteiger partial charge in [-0.25, -0.2) is 0 Å². The van der Waals surface area contributed by atoms with Gasteiger partial charge in [-0.15, -0.1) is 0 Å². The number of carbonyl (C=O) groups is 1. The lowest BCUT2D eigenvalue weighted by Crippen LogP contribution is -2.36. The Hall–Kier alpha value is -1.67. The van der Waals surface area contributed by atoms with Crippen LogP contribution in [0.4, 0.5) is 0 Å². The second kappa shape index (κ2) is 5.95. The number of aryl methyl sites for hydroxylation is 3. The van der Waals surface area contributed by atoms with Gasteiger partial charge in [-0.05, 0) is 60.4 Å². The summed E-state index contributed by atoms with van der Waals surface area (Å²) in [5, 5.41) is 11.7. The van der Waals surface area contributed by atoms with Crippen molar-refractivity contribution in [1.82, 2.24) is 0 Å². The number of hydrogen-bond donors (Lipinski definition) is 1. The monoisotopic (exact) mass is 340 g/mol. The second-order valence-corrected chi connectivity index (χ2v) is 9.54. The maximum absolute atomic E-state index is 13.1. The molecule has 0 fully saturated rings. The highest BCUT2D eigenvalue weighted by Gasteiger charge is 2.41. The number of benzene rings is 1. The van der Waals surface area contributed by atoms with E-state index in [4.69, 9.17) is 0 Å². The van der Waals surface area contributed by atoms with Crippen molar-refractivity contribution in [2.75, 3.05) is 0 Å². The molecule has 2 rings (SSSR count). The Morgan fingerprint density at radius 1 is 0.800 bits per heavy atom. The number of aliphatic hydroxyl groups is 1. The molecule has 0 amide bonds. The van der Waals surface area contributed by atoms with Gasteiger partial charge in [0.15, 0.2) is 5.78 Å². The number of Topliss-reactive ketones (excluding diaryl/α,β-unsaturated/α-hetero) is 1. The fraction of sp³-hybridized carbons (Fsp3) is 0.522. The SMILES string of the molecule is Cc1cc(C)c(C2(O)C=C(C(C)(C)C)C(=O)C(C(C)(C)C)=C2)c(C)c1. The van der Waals surface area contributed by atoms with Crippen molar-refractivity contribution in [3.8, 4) is 0 Å². The third kappa shape index (κ3) is 3.64. The molecule has 0 atom stereocenters. The topological polar surface area (TPSA) is 37.3 Å². The van der Waals surface area contributed by atoms with Crippen LogP contribution in [0.1, 0.15) is 63.8 Å². The van der Waals surface area contributed by atoms with Gasteiger partial charge < -0.3 is 5.11 Å². The van der Waals surface area contributed by atoms with Gasteiger partial charge in [0.05, 0.1) is 0 Å². The van der Waals surface area contributed by atoms with Gasteiger partial charge in [-0.2, -0.15) is 0 Å². The van der Waals surface area contributed by atoms with Crippen LogP contribution in [0.2, 0.25) is 0 Å². The zero-order valence-corrected chi connectivity index (χ0v) is 17.2. The molecule has 0 heterocycles. The minimum Gasteiger partial charge on any atom is -0.377 e. The molecule has 1 aromatic rings. The molecule has 0 radical (unpaired) electrons. The summed E-state index contributed by atoms with van der Waals surface area (Å²) in [7, 11) is 0. The molecule has 0 bridgehead atoms. The van der Waals surface area contributed by atoms with E-state index >= 15 is 0 Å². The molecule has 2 heteroatoms. The van der Waals surface area contributed by atoms with Crippen molar-refractivity contribution < 1.29 is 9.90 Å². The molecule has 0 saturated heterocycles. The van der Waals surface area contributed by atoms with Crippen LogP contribution in [0.5, 0.6) is 0 Å². The molecule has 0 spiro atoms. The average molecular weight is 341 g/mol. The molecule has 0 saturated carbocycles. The molecule has 1 N–H and O–H groups in total. The lowest BCUT2D eigenvalue weighted by atomic mass is 9.68. The highest BCUT2D eigenvalue weighted by molar-refractivity contribution is 6.11. The zero-order chi connectivity index (χ0) is 19.4. The molecule has 25 heavy (non-hydrogen) atoms. The van der Waals surface area contributed by atoms with E-state index in [9.17, 15) is 9.90 Å². The fourth-order valence-corrected chi connectivity index (χ4v) is 3.83. The van der Waals surface area contributed by atoms with E-state index < -0.39 is 5.60 Å². The largest absolute Gasteiger partial charge is 0.377 e. The third-order valence-corrected chi connectivity index (χ3v) is 4.91. The summed E-state index contributed by atoms with van der Waals surface area (Å²) in [6, 6.07) is 4.18. The predicted octanol–water partition coefficient (Wildman–Crippen LogP) is 5.33. The van der Waals surface area contributed by atoms with Crippen molar-refractivity contribution in [2.24, 2.45) is 10.8 Å². The molecule has 0 aliphatic heterocycles. The zero-order valence-electron chi connectivity index (χ0n) is 17.2. The second-order valence-electron chi connectivity index (χ2n) is 9.54. The Morgan fingerprint density at radius 2 is 1.16 bits per heavy atom. The van der Waals surface area contributed by atoms with Crippen LogP contribution >= 0.6 is 0 Å². The van der Waals surface area contributed by atoms with Crippen LogP contribution in [-0.4, -0.2) is 10.9 Å². The number of allylic oxidation sites excluding steroid dienone is 2. The van der Waals surface area contributed by atoms with Crippen molar-refractivity contribution in [3.05, 3.63) is 57.7 Å². The first-order chi connectivity index (χ1) is 11.2. The predicted molar refractivity (Wildman–Crippen MR) is 105 cm³/mol. The maximum atomic E-state index is 13.1. The minimum atomic E-state index is -1.26. The van der Waals surface area contributed by atoms with Crippen LogP contribution in [0.25, 0.3) is 0 Å². The summed E-state index contributed by atoms with van der Waals surface area (Å²) in [5.74, 6) is 0.0482. The highest BCUT2D eigenvalue weighted by Crippen LogP contribution is 2.44. The van der Waals surface area contributed by atoms with Crippen LogP contribution in [0.3, 0.4) is 0 Å². The molecule has 0 unspecified atom stereocenters. The van der Waals surface area contributed by atoms with Crippen molar-refractivity contribution in [1.29, 1.82) is 0 Å². The average Bonchev–Trinajstić information content (AvgIpc) is 2.37. The van der Waals surface area contributed by atoms with Gasteiger partial charge in [-0.1, -0.05) is 59.2 Å². The molecule has 1 aliphatic carbocycles. The van der Waals surface area contributed by atoms with E-state index in [0.717, 1.165) is 16.7 Å². The summed E-state index contributed by atoms with van der Waals surface area (Å²) in [4.78, 5) is 13.1. The standard InChI is InChI=1S/C23H32O2/c1-14-10-15(2)19(16(3)11-14)23(25)12-17(21(4,5)6)20(24)18(13-23)22(7,8)9/h10-13,25H,1-9H3. The van der Waals surface area contributed by atoms with Gasteiger partial charge in [0.2, 0.25) is 0 Å². The number of carbonyl (C=O) groups excluding carboxylic acids is 1. The first-order valence-corrected chi connectivity index (χ1v) is 8.99. The maximum Gasteiger partial charge on any atom is 0.185 e. The van der Waals surface area contributed by atoms with E-state index in [1.165, 1.54) is 5.56 Å². The van der Waals surface area contributed by atoms with Gasteiger partial charge in [0, 0.05) is 11.1 Å². The summed E-state index contributed by atoms with van der Waals surface area (Å²) in [6.07, 6.45) is 3.55. The molecule has 136 valence electrons. The molecule has 1 aromatic carbocycles. The van der Waals surface area contributed by atoms with E-state index in [1.54, 1.807) is 12.2 Å². The van der Waals surface area contributed by atoms with Crippen LogP contribution < -0.4 is 0 Å². The van der Waals surface area contributed by atoms with E-state index in [2.05, 4.69) is 19.1 Å². The number of hydrogen-bond acceptors (Lipinski definition) is 2. The van der Waals surface area contributed by atoms with Gasteiger partial charge in [0.1, 0.15) is 5.60 Å². The molecule has 0 aromatic heterocycles. The van der Waals surface area contributed by atoms with Crippen LogP contribution in [0, 0.1) is 31.6 Å². The normalized spacial score (nSPS) is 18.1. The first-order valence-electron chi connectivity index (χ1n) is 8.99. The van der Waals surface area contributed by atoms with Crippen molar-refractivity contribution >= 4 is 5.78 Å². The van der Waals surface area contributed by atoms with Crippen molar-refractivity contribution in [2.45, 2.75) is 67.9 Å². The number of rotatable bonds is 1. The van der Waals surface area contributed by atoms with Gasteiger partial charge in [0.25, 0.3) is 0 Å². The third-order valence-electron chi connectivity index (χ3n) is 4.91. The summed E-state index contributed by atoms with van der Waals surface area (Å²) in [5.41, 5.74) is 3.59. The quantitative estimate of drug-likeness (QED) is 0.750. The molecule has 2 nitrogen and oxygen atoms in total. The Bertz CT molecular complexity index is 720. The fourth-order valence-electron chi connectivity index (χ4n) is 3.83. The van der Waals surface area contributed by atoms with E-state index in [1.807, 2.05) is 55.4 Å². The molecule has 1 aliphatic rings. The van der Waals surface area contributed by atoms with Crippen molar-refractivity contribution in [3.63, 3.8) is 0 Å². The first kappa shape index (κ1) is 19.7. The van der Waals surface area contributed by atoms with Gasteiger partial charge >= 0.3 is 0 Å². The molecular formula is C23H32O2. The number of ketones is 1. The Balaban J connectivity index is 2.83. The smallest absolute Gasteiger partial charge is 0.185 e. The lowest BCUT2D eigenvalue weighted by Gasteiger charge is -2.38. The van der Waals surface area contributed by atoms with E-state index in [0.29, 0.717) is 11.1 Å². The minimum absolute atomic E-state index is 0.0482. The van der Waals surface area contributed by atoms with Gasteiger partial charge in [-0.3, -0.25) is 4.79 Å². The van der Waals surface area contributed by atoms with Crippen LogP contribution in [0.15, 0.2) is 35.4 Å². The summed E-state index contributed by atoms with van der Waals surface area (Å²) in [6.45, 7) is 18.3. The Kier molecular flexibility index (Phi) is 4.68. The lowest BCUT2D eigenvalue weighted by molar-refractivity contribution is -0.114. The highest BCUT2D eigenvalue weighted by atomic mass is 16.3. The Labute approximate surface area is 152 Å². The van der Waals surface area contributed by atoms with E-state index in [-0.39, 0.29) is 16.6 Å². The Morgan fingerprint density at radius 3 is 1.48 bits per heavy atom. The summed E-state index contributed by atoms with van der Waals surface area (Å²) >= 11 is 0. The van der Waals surface area contributed by atoms with Crippen LogP contribution in [-0.2, 0) is 10.4 Å². The molecular weight excluding hydrogens is 308 g/mol. The summed E-state index contributed by atoms with van der Waals surface area (Å²) < 4.78 is 0.